The Morgan fingerprint density at radius 1 is 0.903 bits per heavy atom. The highest BCUT2D eigenvalue weighted by molar-refractivity contribution is 6.02. The summed E-state index contributed by atoms with van der Waals surface area (Å²) in [7, 11) is 0. The molecule has 1 fully saturated rings. The van der Waals surface area contributed by atoms with Crippen LogP contribution in [0.2, 0.25) is 0 Å². The highest BCUT2D eigenvalue weighted by Crippen LogP contribution is 2.33. The molecular weight excluding hydrogens is 388 g/mol. The van der Waals surface area contributed by atoms with Gasteiger partial charge in [0, 0.05) is 26.2 Å². The van der Waals surface area contributed by atoms with Gasteiger partial charge in [-0.1, -0.05) is 76.1 Å². The third kappa shape index (κ3) is 7.95. The number of amides is 1. The van der Waals surface area contributed by atoms with E-state index in [4.69, 9.17) is 0 Å². The third-order valence-corrected chi connectivity index (χ3v) is 6.64. The van der Waals surface area contributed by atoms with Crippen LogP contribution < -0.4 is 5.32 Å². The average Bonchev–Trinajstić information content (AvgIpc) is 2.77. The van der Waals surface area contributed by atoms with Crippen LogP contribution in [0, 0.1) is 5.41 Å². The molecule has 0 spiro atoms. The summed E-state index contributed by atoms with van der Waals surface area (Å²) in [4.78, 5) is 26.4. The van der Waals surface area contributed by atoms with Gasteiger partial charge in [0.25, 0.3) is 0 Å². The van der Waals surface area contributed by atoms with Crippen LogP contribution in [0.15, 0.2) is 24.3 Å². The number of carboxylic acids is 1. The second-order valence-electron chi connectivity index (χ2n) is 9.06. The summed E-state index contributed by atoms with van der Waals surface area (Å²) in [5.41, 5.74) is 1.38. The van der Waals surface area contributed by atoms with Gasteiger partial charge in [-0.3, -0.25) is 14.5 Å². The van der Waals surface area contributed by atoms with E-state index in [-0.39, 0.29) is 5.91 Å². The molecule has 0 bridgehead atoms. The van der Waals surface area contributed by atoms with Gasteiger partial charge >= 0.3 is 5.97 Å². The number of aryl methyl sites for hydroxylation is 1. The molecule has 1 amide bonds. The lowest BCUT2D eigenvalue weighted by Gasteiger charge is -2.37. The number of carbonyl (C=O) groups excluding carboxylic acids is 1. The molecule has 0 radical (unpaired) electrons. The molecule has 0 atom stereocenters. The van der Waals surface area contributed by atoms with Crippen LogP contribution in [0.1, 0.15) is 89.2 Å². The lowest BCUT2D eigenvalue weighted by Crippen LogP contribution is -2.52. The Hall–Kier alpha value is -1.88. The van der Waals surface area contributed by atoms with Crippen molar-refractivity contribution < 1.29 is 14.7 Å². The van der Waals surface area contributed by atoms with Crippen LogP contribution in [0.5, 0.6) is 0 Å². The van der Waals surface area contributed by atoms with Crippen LogP contribution in [-0.4, -0.2) is 41.5 Å². The standard InChI is InChI=1S/C26H42N2O3/c1-3-5-6-7-8-9-10-11-12-22-13-15-23(16-14-22)21-28-19-17-26(18-20-28,25(30)31)24(29)27-4-2/h13-16H,3-12,17-21H2,1-2H3,(H,27,29)(H,30,31). The molecule has 174 valence electrons. The van der Waals surface area contributed by atoms with Crippen molar-refractivity contribution >= 4 is 11.9 Å². The maximum absolute atomic E-state index is 12.3. The number of aliphatic carboxylic acids is 1. The van der Waals surface area contributed by atoms with E-state index in [0.717, 1.165) is 13.0 Å². The molecule has 2 N–H and O–H groups in total. The molecule has 0 aliphatic carbocycles. The van der Waals surface area contributed by atoms with E-state index in [9.17, 15) is 14.7 Å². The van der Waals surface area contributed by atoms with Gasteiger partial charge in [-0.2, -0.15) is 0 Å². The van der Waals surface area contributed by atoms with E-state index in [0.29, 0.717) is 32.5 Å². The summed E-state index contributed by atoms with van der Waals surface area (Å²) >= 11 is 0. The first-order valence-electron chi connectivity index (χ1n) is 12.3. The van der Waals surface area contributed by atoms with Crippen LogP contribution in [0.4, 0.5) is 0 Å². The number of nitrogens with zero attached hydrogens (tertiary/aromatic N) is 1. The number of nitrogens with one attached hydrogen (secondary N) is 1. The van der Waals surface area contributed by atoms with Gasteiger partial charge in [0.15, 0.2) is 0 Å². The summed E-state index contributed by atoms with van der Waals surface area (Å²) in [6, 6.07) is 8.86. The Kier molecular flexibility index (Phi) is 11.1. The zero-order chi connectivity index (χ0) is 22.5. The van der Waals surface area contributed by atoms with Crippen molar-refractivity contribution in [1.29, 1.82) is 0 Å². The first-order chi connectivity index (χ1) is 15.0. The van der Waals surface area contributed by atoms with Gasteiger partial charge in [-0.25, -0.2) is 0 Å². The minimum atomic E-state index is -1.27. The Bertz CT molecular complexity index is 664. The number of likely N-dealkylation sites (tertiary alicyclic amines) is 1. The number of carboxylic acid groups (broad SMARTS) is 1. The molecule has 1 aromatic carbocycles. The van der Waals surface area contributed by atoms with Crippen molar-refractivity contribution in [3.8, 4) is 0 Å². The third-order valence-electron chi connectivity index (χ3n) is 6.64. The Morgan fingerprint density at radius 3 is 2.00 bits per heavy atom. The lowest BCUT2D eigenvalue weighted by molar-refractivity contribution is -0.159. The highest BCUT2D eigenvalue weighted by Gasteiger charge is 2.47. The molecule has 5 heteroatoms. The topological polar surface area (TPSA) is 69.6 Å². The number of piperidine rings is 1. The molecule has 2 rings (SSSR count). The molecule has 1 heterocycles. The zero-order valence-electron chi connectivity index (χ0n) is 19.6. The van der Waals surface area contributed by atoms with E-state index in [1.165, 1.54) is 62.5 Å². The maximum Gasteiger partial charge on any atom is 0.319 e. The van der Waals surface area contributed by atoms with Crippen LogP contribution in [0.25, 0.3) is 0 Å². The number of benzene rings is 1. The molecule has 1 aliphatic heterocycles. The predicted molar refractivity (Wildman–Crippen MR) is 126 cm³/mol. The predicted octanol–water partition coefficient (Wildman–Crippen LogP) is 5.17. The fraction of sp³-hybridized carbons (Fsp3) is 0.692. The summed E-state index contributed by atoms with van der Waals surface area (Å²) in [6.07, 6.45) is 12.6. The van der Waals surface area contributed by atoms with Crippen molar-refractivity contribution in [1.82, 2.24) is 10.2 Å². The molecule has 31 heavy (non-hydrogen) atoms. The number of carbonyl (C=O) groups is 2. The van der Waals surface area contributed by atoms with Gasteiger partial charge in [0.1, 0.15) is 5.41 Å². The average molecular weight is 431 g/mol. The number of rotatable bonds is 14. The fourth-order valence-electron chi connectivity index (χ4n) is 4.49. The Balaban J connectivity index is 1.71. The molecular formula is C26H42N2O3. The maximum atomic E-state index is 12.3. The molecule has 1 saturated heterocycles. The van der Waals surface area contributed by atoms with Gasteiger partial charge in [0.2, 0.25) is 5.91 Å². The summed E-state index contributed by atoms with van der Waals surface area (Å²) in [5, 5.41) is 12.4. The van der Waals surface area contributed by atoms with E-state index >= 15 is 0 Å². The number of hydrogen-bond donors (Lipinski definition) is 2. The molecule has 1 aromatic rings. The normalized spacial score (nSPS) is 16.2. The molecule has 5 nitrogen and oxygen atoms in total. The molecule has 0 unspecified atom stereocenters. The van der Waals surface area contributed by atoms with Crippen molar-refractivity contribution in [3.63, 3.8) is 0 Å². The molecule has 1 aliphatic rings. The van der Waals surface area contributed by atoms with Gasteiger partial charge in [-0.15, -0.1) is 0 Å². The minimum Gasteiger partial charge on any atom is -0.480 e. The van der Waals surface area contributed by atoms with Crippen molar-refractivity contribution in [2.45, 2.75) is 91.0 Å². The Labute approximate surface area is 188 Å². The van der Waals surface area contributed by atoms with Crippen molar-refractivity contribution in [2.24, 2.45) is 5.41 Å². The first-order valence-corrected chi connectivity index (χ1v) is 12.3. The summed E-state index contributed by atoms with van der Waals surface area (Å²) in [6.45, 7) is 6.61. The Morgan fingerprint density at radius 2 is 1.45 bits per heavy atom. The van der Waals surface area contributed by atoms with Crippen LogP contribution in [-0.2, 0) is 22.6 Å². The first kappa shape index (κ1) is 25.4. The van der Waals surface area contributed by atoms with Gasteiger partial charge in [-0.05, 0) is 43.7 Å². The monoisotopic (exact) mass is 430 g/mol. The second-order valence-corrected chi connectivity index (χ2v) is 9.06. The fourth-order valence-corrected chi connectivity index (χ4v) is 4.49. The second kappa shape index (κ2) is 13.5. The number of unbranched alkanes of at least 4 members (excludes halogenated alkanes) is 7. The molecule has 0 aromatic heterocycles. The minimum absolute atomic E-state index is 0.340. The van der Waals surface area contributed by atoms with E-state index in [1.807, 2.05) is 6.92 Å². The molecule has 0 saturated carbocycles. The summed E-state index contributed by atoms with van der Waals surface area (Å²) in [5.74, 6) is -1.34. The van der Waals surface area contributed by atoms with Crippen molar-refractivity contribution in [2.75, 3.05) is 19.6 Å². The van der Waals surface area contributed by atoms with Gasteiger partial charge < -0.3 is 10.4 Å². The smallest absolute Gasteiger partial charge is 0.319 e. The van der Waals surface area contributed by atoms with Crippen LogP contribution in [0.3, 0.4) is 0 Å². The van der Waals surface area contributed by atoms with E-state index in [2.05, 4.69) is 41.4 Å². The highest BCUT2D eigenvalue weighted by atomic mass is 16.4. The van der Waals surface area contributed by atoms with Crippen molar-refractivity contribution in [3.05, 3.63) is 35.4 Å². The SMILES string of the molecule is CCCCCCCCCCc1ccc(CN2CCC(C(=O)O)(C(=O)NCC)CC2)cc1. The van der Waals surface area contributed by atoms with E-state index in [1.54, 1.807) is 0 Å². The van der Waals surface area contributed by atoms with Gasteiger partial charge in [0.05, 0.1) is 0 Å². The zero-order valence-corrected chi connectivity index (χ0v) is 19.6. The lowest BCUT2D eigenvalue weighted by atomic mass is 9.77. The summed E-state index contributed by atoms with van der Waals surface area (Å²) < 4.78 is 0. The largest absolute Gasteiger partial charge is 0.480 e. The quantitative estimate of drug-likeness (QED) is 0.315. The number of hydrogen-bond acceptors (Lipinski definition) is 3. The van der Waals surface area contributed by atoms with E-state index < -0.39 is 11.4 Å². The van der Waals surface area contributed by atoms with Crippen LogP contribution >= 0.6 is 0 Å².